The summed E-state index contributed by atoms with van der Waals surface area (Å²) in [5.74, 6) is 0. The van der Waals surface area contributed by atoms with Crippen LogP contribution >= 0.6 is 0 Å². The van der Waals surface area contributed by atoms with Crippen molar-refractivity contribution in [1.82, 2.24) is 15.6 Å². The second-order valence-corrected chi connectivity index (χ2v) is 3.92. The van der Waals surface area contributed by atoms with Gasteiger partial charge in [0.2, 0.25) is 0 Å². The molecule has 0 saturated carbocycles. The summed E-state index contributed by atoms with van der Waals surface area (Å²) >= 11 is 0. The van der Waals surface area contributed by atoms with Crippen molar-refractivity contribution in [2.75, 3.05) is 19.6 Å². The molecule has 0 radical (unpaired) electrons. The highest BCUT2D eigenvalue weighted by molar-refractivity contribution is 5.03. The molecule has 0 aliphatic carbocycles. The molecule has 14 heavy (non-hydrogen) atoms. The van der Waals surface area contributed by atoms with Crippen molar-refractivity contribution in [2.24, 2.45) is 0 Å². The number of H-pyrrole nitrogens is 1. The predicted octanol–water partition coefficient (Wildman–Crippen LogP) is 0.899. The molecule has 1 aromatic rings. The van der Waals surface area contributed by atoms with Crippen LogP contribution < -0.4 is 10.6 Å². The molecule has 1 fully saturated rings. The first-order valence-corrected chi connectivity index (χ1v) is 5.51. The van der Waals surface area contributed by atoms with Crippen LogP contribution in [0.1, 0.15) is 18.5 Å². The van der Waals surface area contributed by atoms with E-state index in [0.717, 1.165) is 19.0 Å². The van der Waals surface area contributed by atoms with Crippen molar-refractivity contribution < 1.29 is 0 Å². The van der Waals surface area contributed by atoms with E-state index in [4.69, 9.17) is 0 Å². The summed E-state index contributed by atoms with van der Waals surface area (Å²) in [5, 5.41) is 6.97. The summed E-state index contributed by atoms with van der Waals surface area (Å²) < 4.78 is 0. The normalized spacial score (nSPS) is 18.6. The Balaban J connectivity index is 1.62. The van der Waals surface area contributed by atoms with Crippen LogP contribution in [0.3, 0.4) is 0 Å². The lowest BCUT2D eigenvalue weighted by Gasteiger charge is -2.23. The average molecular weight is 193 g/mol. The Hall–Kier alpha value is -0.800. The highest BCUT2D eigenvalue weighted by atomic mass is 15.0. The molecular weight excluding hydrogens is 174 g/mol. The minimum atomic E-state index is 0.728. The molecule has 3 nitrogen and oxygen atoms in total. The molecule has 2 rings (SSSR count). The van der Waals surface area contributed by atoms with E-state index in [1.165, 1.54) is 31.6 Å². The Kier molecular flexibility index (Phi) is 3.60. The smallest absolute Gasteiger partial charge is 0.0159 e. The van der Waals surface area contributed by atoms with Gasteiger partial charge in [-0.1, -0.05) is 0 Å². The summed E-state index contributed by atoms with van der Waals surface area (Å²) in [6.07, 6.45) is 5.63. The summed E-state index contributed by atoms with van der Waals surface area (Å²) in [6.45, 7) is 3.42. The van der Waals surface area contributed by atoms with Crippen molar-refractivity contribution >= 4 is 0 Å². The van der Waals surface area contributed by atoms with E-state index in [9.17, 15) is 0 Å². The van der Waals surface area contributed by atoms with Gasteiger partial charge in [-0.25, -0.2) is 0 Å². The largest absolute Gasteiger partial charge is 0.365 e. The molecule has 0 amide bonds. The first kappa shape index (κ1) is 9.74. The number of aromatic amines is 1. The minimum Gasteiger partial charge on any atom is -0.365 e. The highest BCUT2D eigenvalue weighted by Crippen LogP contribution is 2.02. The van der Waals surface area contributed by atoms with Gasteiger partial charge in [0.05, 0.1) is 0 Å². The van der Waals surface area contributed by atoms with Crippen molar-refractivity contribution in [3.63, 3.8) is 0 Å². The van der Waals surface area contributed by atoms with Crippen LogP contribution in [-0.2, 0) is 6.42 Å². The molecule has 1 saturated heterocycles. The molecule has 1 aromatic heterocycles. The van der Waals surface area contributed by atoms with Crippen LogP contribution in [0.25, 0.3) is 0 Å². The third-order valence-electron chi connectivity index (χ3n) is 2.83. The van der Waals surface area contributed by atoms with E-state index < -0.39 is 0 Å². The Morgan fingerprint density at radius 2 is 2.21 bits per heavy atom. The molecule has 0 atom stereocenters. The Labute approximate surface area is 85.3 Å². The molecule has 3 heteroatoms. The van der Waals surface area contributed by atoms with Gasteiger partial charge in [-0.15, -0.1) is 0 Å². The molecule has 1 aliphatic rings. The Morgan fingerprint density at radius 3 is 2.93 bits per heavy atom. The van der Waals surface area contributed by atoms with E-state index in [1.54, 1.807) is 0 Å². The van der Waals surface area contributed by atoms with E-state index in [2.05, 4.69) is 27.8 Å². The lowest BCUT2D eigenvalue weighted by atomic mass is 10.1. The Morgan fingerprint density at radius 1 is 1.36 bits per heavy atom. The first-order valence-electron chi connectivity index (χ1n) is 5.51. The third kappa shape index (κ3) is 2.86. The fourth-order valence-electron chi connectivity index (χ4n) is 1.96. The Bertz CT molecular complexity index is 237. The van der Waals surface area contributed by atoms with Crippen LogP contribution in [0.4, 0.5) is 0 Å². The zero-order chi connectivity index (χ0) is 9.64. The number of hydrogen-bond acceptors (Lipinski definition) is 2. The molecule has 2 heterocycles. The zero-order valence-electron chi connectivity index (χ0n) is 8.55. The molecule has 0 spiro atoms. The maximum absolute atomic E-state index is 3.60. The number of nitrogens with one attached hydrogen (secondary N) is 3. The monoisotopic (exact) mass is 193 g/mol. The topological polar surface area (TPSA) is 39.9 Å². The minimum absolute atomic E-state index is 0.728. The number of rotatable bonds is 4. The average Bonchev–Trinajstić information content (AvgIpc) is 2.72. The van der Waals surface area contributed by atoms with Crippen molar-refractivity contribution in [3.8, 4) is 0 Å². The second-order valence-electron chi connectivity index (χ2n) is 3.92. The summed E-state index contributed by atoms with van der Waals surface area (Å²) in [4.78, 5) is 3.22. The lowest BCUT2D eigenvalue weighted by molar-refractivity contribution is 0.389. The van der Waals surface area contributed by atoms with Crippen LogP contribution in [0.15, 0.2) is 18.3 Å². The van der Waals surface area contributed by atoms with Gasteiger partial charge in [0.25, 0.3) is 0 Å². The standard InChI is InChI=1S/C11H19N3/c1-2-10(13-6-1)5-9-14-11-3-7-12-8-4-11/h1-2,6,11-14H,3-5,7-9H2. The number of piperidine rings is 1. The van der Waals surface area contributed by atoms with Gasteiger partial charge in [0, 0.05) is 24.5 Å². The van der Waals surface area contributed by atoms with Crippen LogP contribution in [0, 0.1) is 0 Å². The second kappa shape index (κ2) is 5.17. The summed E-state index contributed by atoms with van der Waals surface area (Å²) in [5.41, 5.74) is 1.33. The fourth-order valence-corrected chi connectivity index (χ4v) is 1.96. The maximum atomic E-state index is 3.60. The summed E-state index contributed by atoms with van der Waals surface area (Å²) in [6, 6.07) is 4.93. The van der Waals surface area contributed by atoms with Crippen LogP contribution in [0.2, 0.25) is 0 Å². The number of hydrogen-bond donors (Lipinski definition) is 3. The number of aromatic nitrogens is 1. The van der Waals surface area contributed by atoms with Gasteiger partial charge in [-0.2, -0.15) is 0 Å². The SMILES string of the molecule is c1c[nH]c(CCNC2CCNCC2)c1. The zero-order valence-corrected chi connectivity index (χ0v) is 8.55. The molecule has 0 aromatic carbocycles. The molecular formula is C11H19N3. The van der Waals surface area contributed by atoms with Crippen LogP contribution in [-0.4, -0.2) is 30.7 Å². The van der Waals surface area contributed by atoms with Gasteiger partial charge >= 0.3 is 0 Å². The molecule has 0 unspecified atom stereocenters. The fraction of sp³-hybridized carbons (Fsp3) is 0.636. The third-order valence-corrected chi connectivity index (χ3v) is 2.83. The van der Waals surface area contributed by atoms with Crippen molar-refractivity contribution in [1.29, 1.82) is 0 Å². The van der Waals surface area contributed by atoms with Gasteiger partial charge in [0.15, 0.2) is 0 Å². The molecule has 78 valence electrons. The van der Waals surface area contributed by atoms with Gasteiger partial charge < -0.3 is 15.6 Å². The van der Waals surface area contributed by atoms with Gasteiger partial charge in [-0.3, -0.25) is 0 Å². The van der Waals surface area contributed by atoms with E-state index in [-0.39, 0.29) is 0 Å². The first-order chi connectivity index (χ1) is 6.95. The maximum Gasteiger partial charge on any atom is 0.0159 e. The molecule has 0 bridgehead atoms. The summed E-state index contributed by atoms with van der Waals surface area (Å²) in [7, 11) is 0. The van der Waals surface area contributed by atoms with Crippen molar-refractivity contribution in [3.05, 3.63) is 24.0 Å². The van der Waals surface area contributed by atoms with Gasteiger partial charge in [0.1, 0.15) is 0 Å². The van der Waals surface area contributed by atoms with Crippen molar-refractivity contribution in [2.45, 2.75) is 25.3 Å². The highest BCUT2D eigenvalue weighted by Gasteiger charge is 2.11. The molecule has 3 N–H and O–H groups in total. The van der Waals surface area contributed by atoms with Crippen LogP contribution in [0.5, 0.6) is 0 Å². The molecule has 1 aliphatic heterocycles. The quantitative estimate of drug-likeness (QED) is 0.665. The van der Waals surface area contributed by atoms with Gasteiger partial charge in [-0.05, 0) is 44.5 Å². The predicted molar refractivity (Wildman–Crippen MR) is 58.4 cm³/mol. The van der Waals surface area contributed by atoms with E-state index >= 15 is 0 Å². The lowest BCUT2D eigenvalue weighted by Crippen LogP contribution is -2.40. The van der Waals surface area contributed by atoms with E-state index in [0.29, 0.717) is 0 Å². The van der Waals surface area contributed by atoms with E-state index in [1.807, 2.05) is 6.20 Å².